The monoisotopic (exact) mass is 441 g/mol. The maximum Gasteiger partial charge on any atom is 0.364 e. The second kappa shape index (κ2) is 8.91. The van der Waals surface area contributed by atoms with E-state index in [9.17, 15) is 14.4 Å². The van der Waals surface area contributed by atoms with Gasteiger partial charge in [0.15, 0.2) is 5.71 Å². The molecule has 1 saturated heterocycles. The Balaban J connectivity index is 2.00. The lowest BCUT2D eigenvalue weighted by Crippen LogP contribution is -2.73. The van der Waals surface area contributed by atoms with Crippen LogP contribution in [0, 0.1) is 0 Å². The zero-order valence-corrected chi connectivity index (χ0v) is 18.6. The summed E-state index contributed by atoms with van der Waals surface area (Å²) in [6.07, 6.45) is 4.42. The van der Waals surface area contributed by atoms with Crippen molar-refractivity contribution in [2.75, 3.05) is 6.61 Å². The minimum atomic E-state index is -2.25. The molecule has 0 bridgehead atoms. The van der Waals surface area contributed by atoms with E-state index in [0.29, 0.717) is 11.4 Å². The predicted octanol–water partition coefficient (Wildman–Crippen LogP) is 2.46. The lowest BCUT2D eigenvalue weighted by molar-refractivity contribution is -0.165. The number of nitrogens with two attached hydrogens (primary N) is 1. The molecule has 0 radical (unpaired) electrons. The lowest BCUT2D eigenvalue weighted by Gasteiger charge is -2.40. The largest absolute Gasteiger partial charge is 0.464 e. The van der Waals surface area contributed by atoms with Gasteiger partial charge in [0.25, 0.3) is 5.91 Å². The molecule has 0 spiro atoms. The van der Waals surface area contributed by atoms with Gasteiger partial charge in [-0.05, 0) is 38.8 Å². The first kappa shape index (κ1) is 23.1. The fraction of sp³-hybridized carbons (Fsp3) is 0.409. The first-order valence-electron chi connectivity index (χ1n) is 10.3. The van der Waals surface area contributed by atoms with E-state index in [1.54, 1.807) is 39.0 Å². The highest BCUT2D eigenvalue weighted by Crippen LogP contribution is 2.33. The molecule has 2 aliphatic heterocycles. The molecule has 1 fully saturated rings. The van der Waals surface area contributed by atoms with Crippen molar-refractivity contribution < 1.29 is 23.9 Å². The molecule has 2 heterocycles. The highest BCUT2D eigenvalue weighted by Gasteiger charge is 2.63. The third kappa shape index (κ3) is 4.40. The second-order valence-electron chi connectivity index (χ2n) is 8.29. The number of amidine groups is 1. The molecule has 170 valence electrons. The van der Waals surface area contributed by atoms with E-state index in [4.69, 9.17) is 15.3 Å². The van der Waals surface area contributed by atoms with Crippen molar-refractivity contribution in [3.8, 4) is 0 Å². The van der Waals surface area contributed by atoms with Gasteiger partial charge in [-0.2, -0.15) is 9.98 Å². The minimum Gasteiger partial charge on any atom is -0.464 e. The van der Waals surface area contributed by atoms with E-state index >= 15 is 0 Å². The summed E-state index contributed by atoms with van der Waals surface area (Å²) in [5.41, 5.74) is -2.78. The molecule has 1 aromatic rings. The van der Waals surface area contributed by atoms with Crippen LogP contribution in [0.3, 0.4) is 0 Å². The van der Waals surface area contributed by atoms with Crippen LogP contribution < -0.4 is 5.84 Å². The summed E-state index contributed by atoms with van der Waals surface area (Å²) in [4.78, 5) is 48.5. The fourth-order valence-electron chi connectivity index (χ4n) is 3.03. The Labute approximate surface area is 186 Å². The van der Waals surface area contributed by atoms with E-state index in [2.05, 4.69) is 9.98 Å². The Bertz CT molecular complexity index is 996. The highest BCUT2D eigenvalue weighted by atomic mass is 16.6. The van der Waals surface area contributed by atoms with Gasteiger partial charge in [-0.1, -0.05) is 43.7 Å². The number of imide groups is 1. The number of aliphatic imine (C=N–C) groups is 2. The van der Waals surface area contributed by atoms with Crippen LogP contribution in [0.4, 0.5) is 4.79 Å². The number of rotatable bonds is 6. The summed E-state index contributed by atoms with van der Waals surface area (Å²) in [5, 5.41) is 0.562. The van der Waals surface area contributed by atoms with Gasteiger partial charge in [-0.3, -0.25) is 4.79 Å². The number of carbonyl (C=O) groups is 3. The number of hydrazine groups is 1. The van der Waals surface area contributed by atoms with E-state index < -0.39 is 29.2 Å². The van der Waals surface area contributed by atoms with Crippen LogP contribution in [0.5, 0.6) is 0 Å². The van der Waals surface area contributed by atoms with E-state index in [-0.39, 0.29) is 18.3 Å². The molecule has 0 aliphatic carbocycles. The summed E-state index contributed by atoms with van der Waals surface area (Å²) in [7, 11) is 0. The summed E-state index contributed by atoms with van der Waals surface area (Å²) < 4.78 is 11.0. The minimum absolute atomic E-state index is 0.204. The number of hydrogen-bond acceptors (Lipinski definition) is 8. The number of urea groups is 1. The Morgan fingerprint density at radius 1 is 1.22 bits per heavy atom. The molecule has 2 N–H and O–H groups in total. The topological polar surface area (TPSA) is 127 Å². The van der Waals surface area contributed by atoms with Crippen LogP contribution in [-0.4, -0.2) is 57.4 Å². The maximum absolute atomic E-state index is 13.2. The molecule has 2 aliphatic rings. The number of amides is 3. The van der Waals surface area contributed by atoms with E-state index in [0.717, 1.165) is 16.9 Å². The number of fused-ring (bicyclic) bond motifs is 1. The van der Waals surface area contributed by atoms with Crippen LogP contribution in [0.1, 0.15) is 46.1 Å². The third-order valence-corrected chi connectivity index (χ3v) is 4.61. The molecule has 0 aromatic heterocycles. The van der Waals surface area contributed by atoms with Gasteiger partial charge < -0.3 is 9.47 Å². The first-order chi connectivity index (χ1) is 15.1. The van der Waals surface area contributed by atoms with Gasteiger partial charge in [-0.15, -0.1) is 0 Å². The molecule has 10 nitrogen and oxygen atoms in total. The summed E-state index contributed by atoms with van der Waals surface area (Å²) in [5.74, 6) is 4.24. The number of unbranched alkanes of at least 4 members (excludes halogenated alkanes) is 1. The Kier molecular flexibility index (Phi) is 6.45. The van der Waals surface area contributed by atoms with Gasteiger partial charge in [0.05, 0.1) is 6.61 Å². The molecule has 3 amide bonds. The second-order valence-corrected chi connectivity index (χ2v) is 8.29. The van der Waals surface area contributed by atoms with Crippen LogP contribution in [0.2, 0.25) is 0 Å². The van der Waals surface area contributed by atoms with Crippen molar-refractivity contribution in [2.24, 2.45) is 15.8 Å². The first-order valence-corrected chi connectivity index (χ1v) is 10.3. The van der Waals surface area contributed by atoms with Crippen molar-refractivity contribution in [1.29, 1.82) is 0 Å². The van der Waals surface area contributed by atoms with Crippen LogP contribution in [-0.2, 0) is 19.1 Å². The van der Waals surface area contributed by atoms with Crippen molar-refractivity contribution in [2.45, 2.75) is 51.8 Å². The Morgan fingerprint density at radius 2 is 1.91 bits per heavy atom. The number of esters is 1. The molecule has 10 heteroatoms. The summed E-state index contributed by atoms with van der Waals surface area (Å²) >= 11 is 0. The number of benzene rings is 1. The van der Waals surface area contributed by atoms with Crippen molar-refractivity contribution in [3.63, 3.8) is 0 Å². The van der Waals surface area contributed by atoms with Gasteiger partial charge in [-0.25, -0.2) is 25.3 Å². The average Bonchev–Trinajstić information content (AvgIpc) is 3.13. The molecular formula is C22H27N5O5. The number of hydrogen-bond donors (Lipinski definition) is 1. The molecule has 1 unspecified atom stereocenters. The van der Waals surface area contributed by atoms with Crippen LogP contribution in [0.15, 0.2) is 46.5 Å². The number of carbonyl (C=O) groups excluding carboxylic acids is 3. The predicted molar refractivity (Wildman–Crippen MR) is 118 cm³/mol. The quantitative estimate of drug-likeness (QED) is 0.313. The van der Waals surface area contributed by atoms with Gasteiger partial charge in [0.2, 0.25) is 0 Å². The van der Waals surface area contributed by atoms with Gasteiger partial charge in [0.1, 0.15) is 5.60 Å². The zero-order valence-electron chi connectivity index (χ0n) is 18.6. The molecule has 32 heavy (non-hydrogen) atoms. The zero-order chi connectivity index (χ0) is 23.5. The Hall–Kier alpha value is -3.53. The maximum atomic E-state index is 13.2. The summed E-state index contributed by atoms with van der Waals surface area (Å²) in [6.45, 7) is 7.21. The molecule has 0 saturated carbocycles. The molecular weight excluding hydrogens is 414 g/mol. The number of nitrogens with zero attached hydrogens (tertiary/aromatic N) is 4. The van der Waals surface area contributed by atoms with Crippen molar-refractivity contribution in [1.82, 2.24) is 9.91 Å². The lowest BCUT2D eigenvalue weighted by atomic mass is 10.00. The normalized spacial score (nSPS) is 20.9. The fourth-order valence-corrected chi connectivity index (χ4v) is 3.03. The van der Waals surface area contributed by atoms with Crippen LogP contribution >= 0.6 is 0 Å². The standard InChI is InChI=1S/C22H27N5O5/c1-5-6-14-31-19-24-16-17(28)26(13-12-15-10-8-7-9-11-15)20(30)27(23)22(16,25-19)18(29)32-21(2,3)4/h7-13H,5-6,14,23H2,1-4H3. The average molecular weight is 441 g/mol. The van der Waals surface area contributed by atoms with Crippen molar-refractivity contribution in [3.05, 3.63) is 42.1 Å². The Morgan fingerprint density at radius 3 is 2.53 bits per heavy atom. The van der Waals surface area contributed by atoms with Crippen LogP contribution in [0.25, 0.3) is 6.08 Å². The van der Waals surface area contributed by atoms with E-state index in [1.165, 1.54) is 6.20 Å². The third-order valence-electron chi connectivity index (χ3n) is 4.61. The highest BCUT2D eigenvalue weighted by molar-refractivity contribution is 6.52. The molecule has 3 rings (SSSR count). The smallest absolute Gasteiger partial charge is 0.364 e. The summed E-state index contributed by atoms with van der Waals surface area (Å²) in [6, 6.07) is 7.92. The van der Waals surface area contributed by atoms with Crippen molar-refractivity contribution >= 4 is 35.7 Å². The van der Waals surface area contributed by atoms with Gasteiger partial charge in [0, 0.05) is 6.20 Å². The number of ether oxygens (including phenoxy) is 2. The molecule has 1 aromatic carbocycles. The van der Waals surface area contributed by atoms with Gasteiger partial charge >= 0.3 is 23.7 Å². The van der Waals surface area contributed by atoms with E-state index in [1.807, 2.05) is 25.1 Å². The molecule has 1 atom stereocenters. The SMILES string of the molecule is CCCCOC1=NC2(C(=O)OC(C)(C)C)C(=N1)C(=O)N(C=Cc1ccccc1)C(=O)N2N.